The second-order valence-corrected chi connectivity index (χ2v) is 9.64. The summed E-state index contributed by atoms with van der Waals surface area (Å²) in [5.74, 6) is 4.14. The van der Waals surface area contributed by atoms with E-state index in [1.807, 2.05) is 0 Å². The van der Waals surface area contributed by atoms with Crippen molar-refractivity contribution >= 4 is 0 Å². The summed E-state index contributed by atoms with van der Waals surface area (Å²) < 4.78 is 24.5. The monoisotopic (exact) mass is 435 g/mol. The number of fused-ring (bicyclic) bond motifs is 3. The van der Waals surface area contributed by atoms with E-state index in [4.69, 9.17) is 18.9 Å². The van der Waals surface area contributed by atoms with Crippen LogP contribution in [-0.2, 0) is 6.42 Å². The predicted molar refractivity (Wildman–Crippen MR) is 123 cm³/mol. The molecule has 1 saturated carbocycles. The highest BCUT2D eigenvalue weighted by molar-refractivity contribution is 5.58. The summed E-state index contributed by atoms with van der Waals surface area (Å²) in [6, 6.07) is 11.0. The Balaban J connectivity index is 1.56. The molecule has 0 spiro atoms. The van der Waals surface area contributed by atoms with E-state index in [1.54, 1.807) is 7.11 Å². The van der Waals surface area contributed by atoms with Crippen molar-refractivity contribution in [2.45, 2.75) is 63.5 Å². The molecular formula is C27H33NO4. The van der Waals surface area contributed by atoms with Crippen LogP contribution < -0.4 is 18.9 Å². The zero-order valence-corrected chi connectivity index (χ0v) is 19.2. The zero-order valence-electron chi connectivity index (χ0n) is 19.2. The highest BCUT2D eigenvalue weighted by atomic mass is 16.7. The van der Waals surface area contributed by atoms with Crippen LogP contribution in [0.25, 0.3) is 0 Å². The molecule has 3 heterocycles. The quantitative estimate of drug-likeness (QED) is 0.635. The first kappa shape index (κ1) is 20.2. The van der Waals surface area contributed by atoms with Crippen molar-refractivity contribution in [3.63, 3.8) is 0 Å². The lowest BCUT2D eigenvalue weighted by molar-refractivity contribution is -0.154. The molecule has 170 valence electrons. The largest absolute Gasteiger partial charge is 0.496 e. The van der Waals surface area contributed by atoms with E-state index in [1.165, 1.54) is 42.4 Å². The van der Waals surface area contributed by atoms with Crippen LogP contribution in [0.4, 0.5) is 0 Å². The van der Waals surface area contributed by atoms with Gasteiger partial charge < -0.3 is 18.9 Å². The predicted octanol–water partition coefficient (Wildman–Crippen LogP) is 5.49. The summed E-state index contributed by atoms with van der Waals surface area (Å²) in [4.78, 5) is 2.64. The second kappa shape index (κ2) is 7.87. The van der Waals surface area contributed by atoms with Crippen molar-refractivity contribution in [3.8, 4) is 23.0 Å². The summed E-state index contributed by atoms with van der Waals surface area (Å²) in [6.45, 7) is 4.71. The summed E-state index contributed by atoms with van der Waals surface area (Å²) in [5.41, 5.74) is 3.52. The number of rotatable bonds is 4. The van der Waals surface area contributed by atoms with Gasteiger partial charge in [0.2, 0.25) is 6.79 Å². The molecule has 6 rings (SSSR count). The molecule has 0 amide bonds. The molecule has 5 heteroatoms. The van der Waals surface area contributed by atoms with E-state index in [-0.39, 0.29) is 18.4 Å². The molecule has 0 radical (unpaired) electrons. The molecule has 2 aromatic rings. The number of ether oxygens (including phenoxy) is 4. The van der Waals surface area contributed by atoms with Crippen LogP contribution in [0.5, 0.6) is 23.0 Å². The van der Waals surface area contributed by atoms with Crippen LogP contribution in [-0.4, -0.2) is 37.6 Å². The molecule has 4 aliphatic rings. The van der Waals surface area contributed by atoms with Gasteiger partial charge in [-0.3, -0.25) is 4.90 Å². The Morgan fingerprint density at radius 1 is 0.969 bits per heavy atom. The van der Waals surface area contributed by atoms with Gasteiger partial charge in [0, 0.05) is 48.5 Å². The summed E-state index contributed by atoms with van der Waals surface area (Å²) in [6.07, 6.45) is 8.21. The van der Waals surface area contributed by atoms with Crippen LogP contribution in [0.2, 0.25) is 0 Å². The number of benzene rings is 2. The Morgan fingerprint density at radius 2 is 1.78 bits per heavy atom. The number of methoxy groups -OCH3 is 1. The van der Waals surface area contributed by atoms with E-state index in [2.05, 4.69) is 42.2 Å². The third kappa shape index (κ3) is 3.01. The van der Waals surface area contributed by atoms with Gasteiger partial charge in [0.05, 0.1) is 7.11 Å². The topological polar surface area (TPSA) is 40.2 Å². The fraction of sp³-hybridized carbons (Fsp3) is 0.556. The van der Waals surface area contributed by atoms with Gasteiger partial charge in [-0.1, -0.05) is 25.5 Å². The SMILES string of the molecule is CCc1ccc(C2c3cc4c(cc3OC3(N5CCCC5)CCCCC23)OCO4)c(OC)c1. The summed E-state index contributed by atoms with van der Waals surface area (Å²) >= 11 is 0. The molecule has 1 aliphatic carbocycles. The molecule has 3 unspecified atom stereocenters. The number of hydrogen-bond donors (Lipinski definition) is 0. The lowest BCUT2D eigenvalue weighted by atomic mass is 9.66. The standard InChI is InChI=1S/C27H33NO4/c1-3-18-9-10-19(22(14-18)29-2)26-20-15-24-25(31-17-30-24)16-23(20)32-27(28-12-6-7-13-28)11-5-4-8-21(26)27/h9-10,14-16,21,26H,3-8,11-13,17H2,1-2H3. The molecule has 3 aliphatic heterocycles. The van der Waals surface area contributed by atoms with Gasteiger partial charge >= 0.3 is 0 Å². The Bertz CT molecular complexity index is 1010. The first-order valence-electron chi connectivity index (χ1n) is 12.3. The van der Waals surface area contributed by atoms with Crippen molar-refractivity contribution in [2.75, 3.05) is 27.0 Å². The molecule has 0 N–H and O–H groups in total. The van der Waals surface area contributed by atoms with Gasteiger partial charge in [-0.05, 0) is 49.8 Å². The normalized spacial score (nSPS) is 28.7. The molecule has 2 aromatic carbocycles. The van der Waals surface area contributed by atoms with Gasteiger partial charge in [0.15, 0.2) is 17.2 Å². The van der Waals surface area contributed by atoms with E-state index in [0.29, 0.717) is 5.92 Å². The van der Waals surface area contributed by atoms with Crippen LogP contribution in [0.3, 0.4) is 0 Å². The number of hydrogen-bond acceptors (Lipinski definition) is 5. The highest BCUT2D eigenvalue weighted by Gasteiger charge is 2.55. The maximum Gasteiger partial charge on any atom is 0.231 e. The second-order valence-electron chi connectivity index (χ2n) is 9.64. The fourth-order valence-electron chi connectivity index (χ4n) is 6.55. The van der Waals surface area contributed by atoms with E-state index in [9.17, 15) is 0 Å². The number of nitrogens with zero attached hydrogens (tertiary/aromatic N) is 1. The smallest absolute Gasteiger partial charge is 0.231 e. The number of aryl methyl sites for hydroxylation is 1. The Labute approximate surface area is 190 Å². The van der Waals surface area contributed by atoms with E-state index < -0.39 is 0 Å². The van der Waals surface area contributed by atoms with Crippen molar-refractivity contribution in [2.24, 2.45) is 5.92 Å². The third-order valence-corrected chi connectivity index (χ3v) is 8.09. The molecule has 1 saturated heterocycles. The van der Waals surface area contributed by atoms with Gasteiger partial charge in [0.25, 0.3) is 0 Å². The average molecular weight is 436 g/mol. The van der Waals surface area contributed by atoms with Crippen molar-refractivity contribution in [1.29, 1.82) is 0 Å². The molecule has 2 fully saturated rings. The van der Waals surface area contributed by atoms with Gasteiger partial charge in [-0.25, -0.2) is 0 Å². The first-order chi connectivity index (χ1) is 15.7. The van der Waals surface area contributed by atoms with Gasteiger partial charge in [-0.2, -0.15) is 0 Å². The summed E-state index contributed by atoms with van der Waals surface area (Å²) in [5, 5.41) is 0. The van der Waals surface area contributed by atoms with Gasteiger partial charge in [-0.15, -0.1) is 0 Å². The minimum atomic E-state index is -0.255. The molecule has 3 atom stereocenters. The molecule has 5 nitrogen and oxygen atoms in total. The minimum Gasteiger partial charge on any atom is -0.496 e. The Hall–Kier alpha value is -2.40. The third-order valence-electron chi connectivity index (χ3n) is 8.09. The maximum atomic E-state index is 7.05. The molecule has 0 aromatic heterocycles. The van der Waals surface area contributed by atoms with E-state index in [0.717, 1.165) is 55.4 Å². The molecular weight excluding hydrogens is 402 g/mol. The lowest BCUT2D eigenvalue weighted by Gasteiger charge is -2.55. The zero-order chi connectivity index (χ0) is 21.7. The Morgan fingerprint density at radius 3 is 2.56 bits per heavy atom. The van der Waals surface area contributed by atoms with Crippen molar-refractivity contribution < 1.29 is 18.9 Å². The first-order valence-corrected chi connectivity index (χ1v) is 12.3. The van der Waals surface area contributed by atoms with Crippen molar-refractivity contribution in [1.82, 2.24) is 4.90 Å². The van der Waals surface area contributed by atoms with Crippen LogP contribution in [0.15, 0.2) is 30.3 Å². The average Bonchev–Trinajstić information content (AvgIpc) is 3.53. The molecule has 0 bridgehead atoms. The van der Waals surface area contributed by atoms with Crippen LogP contribution in [0.1, 0.15) is 68.1 Å². The number of likely N-dealkylation sites (tertiary alicyclic amines) is 1. The lowest BCUT2D eigenvalue weighted by Crippen LogP contribution is -2.61. The maximum absolute atomic E-state index is 7.05. The van der Waals surface area contributed by atoms with E-state index >= 15 is 0 Å². The van der Waals surface area contributed by atoms with Crippen molar-refractivity contribution in [3.05, 3.63) is 47.0 Å². The van der Waals surface area contributed by atoms with Gasteiger partial charge in [0.1, 0.15) is 11.5 Å². The molecule has 32 heavy (non-hydrogen) atoms. The highest BCUT2D eigenvalue weighted by Crippen LogP contribution is 2.58. The Kier molecular flexibility index (Phi) is 4.98. The van der Waals surface area contributed by atoms with Crippen LogP contribution >= 0.6 is 0 Å². The van der Waals surface area contributed by atoms with Crippen LogP contribution in [0, 0.1) is 5.92 Å². The fourth-order valence-corrected chi connectivity index (χ4v) is 6.55. The summed E-state index contributed by atoms with van der Waals surface area (Å²) in [7, 11) is 1.80. The minimum absolute atomic E-state index is 0.204.